The maximum atomic E-state index is 14.2. The number of methoxy groups -OCH3 is 2. The molecule has 12 heteroatoms. The minimum absolute atomic E-state index is 0.0902. The lowest BCUT2D eigenvalue weighted by atomic mass is 10.0. The number of ether oxygens (including phenoxy) is 4. The summed E-state index contributed by atoms with van der Waals surface area (Å²) in [7, 11) is 3.04. The van der Waals surface area contributed by atoms with Gasteiger partial charge in [0.05, 0.1) is 19.7 Å². The van der Waals surface area contributed by atoms with Crippen LogP contribution in [-0.4, -0.2) is 57.7 Å². The Morgan fingerprint density at radius 2 is 1.81 bits per heavy atom. The van der Waals surface area contributed by atoms with Gasteiger partial charge in [-0.3, -0.25) is 14.6 Å². The van der Waals surface area contributed by atoms with Crippen molar-refractivity contribution in [3.8, 4) is 23.0 Å². The lowest BCUT2D eigenvalue weighted by Crippen LogP contribution is -2.42. The van der Waals surface area contributed by atoms with Crippen LogP contribution in [0.5, 0.6) is 23.0 Å². The van der Waals surface area contributed by atoms with Crippen LogP contribution in [0.1, 0.15) is 17.2 Å². The molecule has 6 rings (SSSR count). The summed E-state index contributed by atoms with van der Waals surface area (Å²) in [5.41, 5.74) is 3.09. The van der Waals surface area contributed by atoms with Gasteiger partial charge in [-0.2, -0.15) is 0 Å². The van der Waals surface area contributed by atoms with E-state index in [0.717, 1.165) is 5.56 Å². The van der Waals surface area contributed by atoms with Crippen LogP contribution in [0.4, 0.5) is 5.69 Å². The Bertz CT molecular complexity index is 1780. The Morgan fingerprint density at radius 3 is 2.63 bits per heavy atom. The van der Waals surface area contributed by atoms with E-state index in [9.17, 15) is 9.59 Å². The minimum atomic E-state index is -1.09. The molecule has 0 aliphatic carbocycles. The van der Waals surface area contributed by atoms with Crippen LogP contribution in [0.2, 0.25) is 0 Å². The number of rotatable bonds is 10. The molecule has 1 atom stereocenters. The molecule has 3 heterocycles. The number of amides is 2. The van der Waals surface area contributed by atoms with Crippen molar-refractivity contribution in [2.45, 2.75) is 19.1 Å². The summed E-state index contributed by atoms with van der Waals surface area (Å²) in [5.74, 6) is 1.19. The first kappa shape index (κ1) is 27.5. The summed E-state index contributed by atoms with van der Waals surface area (Å²) in [6, 6.07) is 20.1. The maximum Gasteiger partial charge on any atom is 0.251 e. The second-order valence-corrected chi connectivity index (χ2v) is 9.69. The maximum absolute atomic E-state index is 14.2. The Kier molecular flexibility index (Phi) is 7.72. The molecule has 0 spiro atoms. The lowest BCUT2D eigenvalue weighted by Gasteiger charge is -2.32. The highest BCUT2D eigenvalue weighted by Crippen LogP contribution is 2.36. The molecule has 0 radical (unpaired) electrons. The predicted molar refractivity (Wildman–Crippen MR) is 156 cm³/mol. The average Bonchev–Trinajstić information content (AvgIpc) is 3.68. The summed E-state index contributed by atoms with van der Waals surface area (Å²) >= 11 is 0. The number of hydrogen-bond acceptors (Lipinski definition) is 9. The van der Waals surface area contributed by atoms with Gasteiger partial charge in [-0.15, -0.1) is 5.10 Å². The fourth-order valence-corrected chi connectivity index (χ4v) is 4.95. The third-order valence-electron chi connectivity index (χ3n) is 7.02. The Balaban J connectivity index is 1.41. The highest BCUT2D eigenvalue weighted by atomic mass is 16.7. The van der Waals surface area contributed by atoms with E-state index in [4.69, 9.17) is 18.9 Å². The van der Waals surface area contributed by atoms with Gasteiger partial charge in [-0.25, -0.2) is 4.68 Å². The van der Waals surface area contributed by atoms with Gasteiger partial charge in [0.15, 0.2) is 23.0 Å². The third kappa shape index (κ3) is 5.75. The minimum Gasteiger partial charge on any atom is -0.493 e. The van der Waals surface area contributed by atoms with Gasteiger partial charge in [-0.05, 0) is 53.6 Å². The van der Waals surface area contributed by atoms with E-state index in [-0.39, 0.29) is 25.8 Å². The van der Waals surface area contributed by atoms with Crippen molar-refractivity contribution >= 4 is 28.5 Å². The highest BCUT2D eigenvalue weighted by molar-refractivity contribution is 5.98. The van der Waals surface area contributed by atoms with Crippen molar-refractivity contribution in [3.63, 3.8) is 0 Å². The van der Waals surface area contributed by atoms with Crippen LogP contribution >= 0.6 is 0 Å². The molecule has 218 valence electrons. The Labute approximate surface area is 246 Å². The zero-order chi connectivity index (χ0) is 29.8. The zero-order valence-corrected chi connectivity index (χ0v) is 23.5. The third-order valence-corrected chi connectivity index (χ3v) is 7.02. The van der Waals surface area contributed by atoms with E-state index < -0.39 is 11.9 Å². The number of pyridine rings is 1. The molecular formula is C31H28N6O6. The second kappa shape index (κ2) is 12.1. The molecular weight excluding hydrogens is 552 g/mol. The number of fused-ring (bicyclic) bond motifs is 2. The van der Waals surface area contributed by atoms with Gasteiger partial charge in [0.25, 0.3) is 5.91 Å². The number of nitrogens with one attached hydrogen (secondary N) is 1. The molecule has 0 saturated heterocycles. The summed E-state index contributed by atoms with van der Waals surface area (Å²) < 4.78 is 23.4. The number of hydrogen-bond donors (Lipinski definition) is 1. The quantitative estimate of drug-likeness (QED) is 0.261. The number of anilines is 1. The normalized spacial score (nSPS) is 12.5. The molecule has 5 aromatic rings. The Morgan fingerprint density at radius 1 is 0.977 bits per heavy atom. The molecule has 1 unspecified atom stereocenters. The first-order valence-electron chi connectivity index (χ1n) is 13.4. The topological polar surface area (TPSA) is 130 Å². The number of carbonyl (C=O) groups excluding carboxylic acids is 2. The predicted octanol–water partition coefficient (Wildman–Crippen LogP) is 3.98. The molecule has 12 nitrogen and oxygen atoms in total. The van der Waals surface area contributed by atoms with Gasteiger partial charge in [0, 0.05) is 30.7 Å². The number of benzene rings is 3. The fraction of sp³-hybridized carbons (Fsp3) is 0.194. The van der Waals surface area contributed by atoms with Crippen LogP contribution < -0.4 is 24.3 Å². The van der Waals surface area contributed by atoms with E-state index in [1.165, 1.54) is 23.8 Å². The van der Waals surface area contributed by atoms with Crippen molar-refractivity contribution < 1.29 is 28.5 Å². The summed E-state index contributed by atoms with van der Waals surface area (Å²) in [6.07, 6.45) is 3.31. The van der Waals surface area contributed by atoms with E-state index >= 15 is 0 Å². The first-order chi connectivity index (χ1) is 21.0. The fourth-order valence-electron chi connectivity index (χ4n) is 4.95. The van der Waals surface area contributed by atoms with E-state index in [0.29, 0.717) is 45.3 Å². The highest BCUT2D eigenvalue weighted by Gasteiger charge is 2.33. The van der Waals surface area contributed by atoms with Crippen molar-refractivity contribution in [2.24, 2.45) is 0 Å². The van der Waals surface area contributed by atoms with Crippen LogP contribution in [0, 0.1) is 0 Å². The standard InChI is InChI=1S/C31H28N6O6/c1-40-25-11-9-21(14-27(25)41-2)30(31(39)33-22-10-12-26-28(15-22)43-19-42-26)36(17-20-6-5-13-32-16-20)29(38)18-37-24-8-4-3-7-23(24)34-35-37/h3-16,30H,17-19H2,1-2H3,(H,33,39). The summed E-state index contributed by atoms with van der Waals surface area (Å²) in [4.78, 5) is 34.1. The SMILES string of the molecule is COc1ccc(C(C(=O)Nc2ccc3c(c2)OCO3)N(Cc2cccnc2)C(=O)Cn2nnc3ccccc32)cc1OC. The van der Waals surface area contributed by atoms with E-state index in [1.54, 1.807) is 54.9 Å². The van der Waals surface area contributed by atoms with Crippen LogP contribution in [0.15, 0.2) is 85.2 Å². The smallest absolute Gasteiger partial charge is 0.251 e. The molecule has 3 aromatic carbocycles. The monoisotopic (exact) mass is 580 g/mol. The lowest BCUT2D eigenvalue weighted by molar-refractivity contribution is -0.140. The molecule has 1 aliphatic heterocycles. The van der Waals surface area contributed by atoms with E-state index in [1.807, 2.05) is 30.3 Å². The molecule has 43 heavy (non-hydrogen) atoms. The molecule has 1 N–H and O–H groups in total. The zero-order valence-electron chi connectivity index (χ0n) is 23.5. The number of aromatic nitrogens is 4. The second-order valence-electron chi connectivity index (χ2n) is 9.69. The molecule has 0 saturated carbocycles. The van der Waals surface area contributed by atoms with Gasteiger partial charge in [-0.1, -0.05) is 29.5 Å². The van der Waals surface area contributed by atoms with Crippen molar-refractivity contribution in [1.29, 1.82) is 0 Å². The molecule has 2 aromatic heterocycles. The largest absolute Gasteiger partial charge is 0.493 e. The molecule has 2 amide bonds. The number of nitrogens with zero attached hydrogens (tertiary/aromatic N) is 5. The Hall–Kier alpha value is -5.65. The molecule has 0 fully saturated rings. The number of para-hydroxylation sites is 1. The molecule has 1 aliphatic rings. The van der Waals surface area contributed by atoms with Gasteiger partial charge < -0.3 is 29.2 Å². The van der Waals surface area contributed by atoms with Crippen molar-refractivity contribution in [2.75, 3.05) is 26.3 Å². The molecule has 0 bridgehead atoms. The van der Waals surface area contributed by atoms with Crippen molar-refractivity contribution in [1.82, 2.24) is 24.9 Å². The van der Waals surface area contributed by atoms with Crippen molar-refractivity contribution in [3.05, 3.63) is 96.3 Å². The summed E-state index contributed by atoms with van der Waals surface area (Å²) in [6.45, 7) is 0.0418. The van der Waals surface area contributed by atoms with Crippen LogP contribution in [-0.2, 0) is 22.7 Å². The summed E-state index contributed by atoms with van der Waals surface area (Å²) in [5, 5.41) is 11.3. The van der Waals surface area contributed by atoms with Gasteiger partial charge in [0.1, 0.15) is 18.1 Å². The van der Waals surface area contributed by atoms with E-state index in [2.05, 4.69) is 20.6 Å². The van der Waals surface area contributed by atoms with Crippen LogP contribution in [0.25, 0.3) is 11.0 Å². The van der Waals surface area contributed by atoms with Gasteiger partial charge in [0.2, 0.25) is 12.7 Å². The number of carbonyl (C=O) groups is 2. The van der Waals surface area contributed by atoms with Crippen LogP contribution in [0.3, 0.4) is 0 Å². The average molecular weight is 581 g/mol. The first-order valence-corrected chi connectivity index (χ1v) is 13.4. The van der Waals surface area contributed by atoms with Gasteiger partial charge >= 0.3 is 0 Å².